The minimum absolute atomic E-state index is 0.00595. The summed E-state index contributed by atoms with van der Waals surface area (Å²) in [5.74, 6) is 1.94. The molecule has 0 spiro atoms. The number of carbonyl (C=O) groups is 2. The number of urea groups is 1. The Morgan fingerprint density at radius 3 is 1.96 bits per heavy atom. The average molecular weight is 313 g/mol. The number of carbonyl (C=O) groups excluding carboxylic acids is 2. The van der Waals surface area contributed by atoms with Gasteiger partial charge in [0.05, 0.1) is 0 Å². The second kappa shape index (κ2) is 5.25. The van der Waals surface area contributed by atoms with Gasteiger partial charge in [0.2, 0.25) is 5.91 Å². The summed E-state index contributed by atoms with van der Waals surface area (Å²) in [6.45, 7) is 0. The largest absolute Gasteiger partial charge is 0.366 e. The number of primary amides is 1. The van der Waals surface area contributed by atoms with E-state index in [-0.39, 0.29) is 11.6 Å². The Kier molecular flexibility index (Phi) is 3.32. The number of amides is 3. The Morgan fingerprint density at radius 1 is 0.957 bits per heavy atom. The van der Waals surface area contributed by atoms with E-state index in [1.54, 1.807) is 24.3 Å². The van der Waals surface area contributed by atoms with Crippen LogP contribution in [0.25, 0.3) is 0 Å². The third-order valence-corrected chi connectivity index (χ3v) is 5.84. The van der Waals surface area contributed by atoms with Crippen LogP contribution in [0.15, 0.2) is 24.3 Å². The zero-order valence-electron chi connectivity index (χ0n) is 13.2. The highest BCUT2D eigenvalue weighted by Crippen LogP contribution is 2.55. The van der Waals surface area contributed by atoms with E-state index in [9.17, 15) is 9.59 Å². The maximum absolute atomic E-state index is 12.4. The Morgan fingerprint density at radius 2 is 1.48 bits per heavy atom. The molecule has 3 amide bonds. The molecule has 4 bridgehead atoms. The first-order valence-electron chi connectivity index (χ1n) is 8.50. The molecule has 23 heavy (non-hydrogen) atoms. The average Bonchev–Trinajstić information content (AvgIpc) is 2.45. The molecule has 4 fully saturated rings. The van der Waals surface area contributed by atoms with E-state index in [4.69, 9.17) is 5.73 Å². The Hall–Kier alpha value is -2.04. The van der Waals surface area contributed by atoms with Crippen LogP contribution in [0.3, 0.4) is 0 Å². The number of rotatable bonds is 3. The molecule has 0 heterocycles. The van der Waals surface area contributed by atoms with Crippen LogP contribution in [0, 0.1) is 17.8 Å². The van der Waals surface area contributed by atoms with Crippen LogP contribution < -0.4 is 16.4 Å². The van der Waals surface area contributed by atoms with Crippen LogP contribution in [0.2, 0.25) is 0 Å². The first-order chi connectivity index (χ1) is 11.0. The zero-order valence-corrected chi connectivity index (χ0v) is 13.2. The smallest absolute Gasteiger partial charge is 0.319 e. The van der Waals surface area contributed by atoms with Crippen LogP contribution in [-0.2, 0) is 0 Å². The topological polar surface area (TPSA) is 84.2 Å². The van der Waals surface area contributed by atoms with Crippen molar-refractivity contribution in [2.45, 2.75) is 44.1 Å². The second-order valence-electron chi connectivity index (χ2n) is 7.72. The molecule has 0 radical (unpaired) electrons. The normalized spacial score (nSPS) is 34.2. The van der Waals surface area contributed by atoms with Crippen molar-refractivity contribution in [3.63, 3.8) is 0 Å². The fraction of sp³-hybridized carbons (Fsp3) is 0.556. The molecule has 0 aliphatic heterocycles. The van der Waals surface area contributed by atoms with Crippen molar-refractivity contribution >= 4 is 17.6 Å². The molecule has 4 aliphatic rings. The minimum Gasteiger partial charge on any atom is -0.366 e. The summed E-state index contributed by atoms with van der Waals surface area (Å²) >= 11 is 0. The van der Waals surface area contributed by atoms with Gasteiger partial charge in [0.15, 0.2) is 0 Å². The van der Waals surface area contributed by atoms with Gasteiger partial charge < -0.3 is 16.4 Å². The van der Waals surface area contributed by atoms with Crippen molar-refractivity contribution in [1.82, 2.24) is 5.32 Å². The highest BCUT2D eigenvalue weighted by molar-refractivity contribution is 5.94. The molecule has 5 heteroatoms. The summed E-state index contributed by atoms with van der Waals surface area (Å²) in [4.78, 5) is 23.5. The molecule has 4 aliphatic carbocycles. The van der Waals surface area contributed by atoms with Crippen molar-refractivity contribution in [1.29, 1.82) is 0 Å². The molecular weight excluding hydrogens is 290 g/mol. The summed E-state index contributed by atoms with van der Waals surface area (Å²) in [6.07, 6.45) is 7.47. The monoisotopic (exact) mass is 313 g/mol. The molecule has 5 rings (SSSR count). The van der Waals surface area contributed by atoms with Crippen molar-refractivity contribution in [3.05, 3.63) is 29.8 Å². The van der Waals surface area contributed by atoms with Gasteiger partial charge >= 0.3 is 6.03 Å². The Bertz CT molecular complexity index is 603. The molecule has 0 aromatic heterocycles. The number of anilines is 1. The van der Waals surface area contributed by atoms with E-state index in [1.807, 2.05) is 0 Å². The van der Waals surface area contributed by atoms with Gasteiger partial charge in [-0.05, 0) is 80.5 Å². The second-order valence-corrected chi connectivity index (χ2v) is 7.72. The summed E-state index contributed by atoms with van der Waals surface area (Å²) < 4.78 is 0. The molecule has 122 valence electrons. The van der Waals surface area contributed by atoms with E-state index in [2.05, 4.69) is 10.6 Å². The molecular formula is C18H23N3O2. The van der Waals surface area contributed by atoms with Gasteiger partial charge in [0.25, 0.3) is 0 Å². The Labute approximate surface area is 136 Å². The number of nitrogens with two attached hydrogens (primary N) is 1. The fourth-order valence-electron chi connectivity index (χ4n) is 5.38. The van der Waals surface area contributed by atoms with E-state index in [1.165, 1.54) is 19.3 Å². The van der Waals surface area contributed by atoms with Crippen molar-refractivity contribution in [3.8, 4) is 0 Å². The van der Waals surface area contributed by atoms with Crippen molar-refractivity contribution < 1.29 is 9.59 Å². The lowest BCUT2D eigenvalue weighted by Gasteiger charge is -2.56. The summed E-state index contributed by atoms with van der Waals surface area (Å²) in [5, 5.41) is 6.15. The maximum Gasteiger partial charge on any atom is 0.319 e. The molecule has 4 saturated carbocycles. The minimum atomic E-state index is -0.463. The fourth-order valence-corrected chi connectivity index (χ4v) is 5.38. The third kappa shape index (κ3) is 2.80. The zero-order chi connectivity index (χ0) is 16.0. The molecule has 1 aromatic carbocycles. The number of hydrogen-bond acceptors (Lipinski definition) is 2. The van der Waals surface area contributed by atoms with E-state index < -0.39 is 5.91 Å². The van der Waals surface area contributed by atoms with E-state index >= 15 is 0 Å². The summed E-state index contributed by atoms with van der Waals surface area (Å²) in [5.41, 5.74) is 6.35. The summed E-state index contributed by atoms with van der Waals surface area (Å²) in [7, 11) is 0. The van der Waals surface area contributed by atoms with Gasteiger partial charge in [-0.25, -0.2) is 4.79 Å². The van der Waals surface area contributed by atoms with E-state index in [0.717, 1.165) is 37.0 Å². The van der Waals surface area contributed by atoms with Crippen molar-refractivity contribution in [2.75, 3.05) is 5.32 Å². The number of nitrogens with one attached hydrogen (secondary N) is 2. The summed E-state index contributed by atoms with van der Waals surface area (Å²) in [6, 6.07) is 6.53. The molecule has 4 N–H and O–H groups in total. The van der Waals surface area contributed by atoms with Gasteiger partial charge in [-0.15, -0.1) is 0 Å². The quantitative estimate of drug-likeness (QED) is 0.801. The lowest BCUT2D eigenvalue weighted by Crippen LogP contribution is -2.60. The van der Waals surface area contributed by atoms with Crippen LogP contribution in [0.5, 0.6) is 0 Å². The molecule has 0 saturated heterocycles. The highest BCUT2D eigenvalue weighted by atomic mass is 16.2. The van der Waals surface area contributed by atoms with Gasteiger partial charge in [-0.3, -0.25) is 4.79 Å². The lowest BCUT2D eigenvalue weighted by atomic mass is 9.53. The molecule has 0 unspecified atom stereocenters. The van der Waals surface area contributed by atoms with Crippen LogP contribution in [-0.4, -0.2) is 17.5 Å². The number of hydrogen-bond donors (Lipinski definition) is 3. The SMILES string of the molecule is NC(=O)c1ccc(NC(=O)NC23CC4CC(CC(C4)C2)C3)cc1. The van der Waals surface area contributed by atoms with E-state index in [0.29, 0.717) is 11.3 Å². The number of benzene rings is 1. The van der Waals surface area contributed by atoms with Gasteiger partial charge in [-0.1, -0.05) is 0 Å². The standard InChI is InChI=1S/C18H23N3O2/c19-16(22)14-1-3-15(4-2-14)20-17(23)21-18-8-11-5-12(9-18)7-13(6-11)10-18/h1-4,11-13H,5-10H2,(H2,19,22)(H2,20,21,23). The van der Waals surface area contributed by atoms with Crippen molar-refractivity contribution in [2.24, 2.45) is 23.5 Å². The molecule has 0 atom stereocenters. The molecule has 5 nitrogen and oxygen atoms in total. The predicted octanol–water partition coefficient (Wildman–Crippen LogP) is 2.88. The first-order valence-corrected chi connectivity index (χ1v) is 8.50. The predicted molar refractivity (Wildman–Crippen MR) is 88.0 cm³/mol. The Balaban J connectivity index is 1.41. The highest BCUT2D eigenvalue weighted by Gasteiger charge is 2.51. The van der Waals surface area contributed by atoms with Crippen LogP contribution >= 0.6 is 0 Å². The first kappa shape index (κ1) is 14.5. The van der Waals surface area contributed by atoms with Crippen LogP contribution in [0.1, 0.15) is 48.9 Å². The lowest BCUT2D eigenvalue weighted by molar-refractivity contribution is -0.0127. The maximum atomic E-state index is 12.4. The van der Waals surface area contributed by atoms with Crippen LogP contribution in [0.4, 0.5) is 10.5 Å². The van der Waals surface area contributed by atoms with Gasteiger partial charge in [0.1, 0.15) is 0 Å². The van der Waals surface area contributed by atoms with Gasteiger partial charge in [-0.2, -0.15) is 0 Å². The van der Waals surface area contributed by atoms with Gasteiger partial charge in [0, 0.05) is 16.8 Å². The molecule has 1 aromatic rings. The third-order valence-electron chi connectivity index (χ3n) is 5.84.